The van der Waals surface area contributed by atoms with Gasteiger partial charge in [0, 0.05) is 28.6 Å². The molecule has 35 heavy (non-hydrogen) atoms. The first kappa shape index (κ1) is 21.0. The van der Waals surface area contributed by atoms with Crippen LogP contribution in [0.5, 0.6) is 0 Å². The number of rotatable bonds is 4. The molecule has 0 bridgehead atoms. The molecule has 6 rings (SSSR count). The molecule has 0 unspecified atom stereocenters. The van der Waals surface area contributed by atoms with E-state index in [2.05, 4.69) is 30.5 Å². The largest absolute Gasteiger partial charge is 0.383 e. The van der Waals surface area contributed by atoms with Crippen LogP contribution in [0.1, 0.15) is 46.1 Å². The van der Waals surface area contributed by atoms with Crippen molar-refractivity contribution in [2.24, 2.45) is 0 Å². The first-order chi connectivity index (χ1) is 17.1. The van der Waals surface area contributed by atoms with Crippen molar-refractivity contribution in [1.29, 1.82) is 0 Å². The van der Waals surface area contributed by atoms with E-state index in [1.165, 1.54) is 6.33 Å². The fourth-order valence-corrected chi connectivity index (χ4v) is 4.68. The molecule has 0 radical (unpaired) electrons. The quantitative estimate of drug-likeness (QED) is 0.368. The lowest BCUT2D eigenvalue weighted by molar-refractivity contribution is 0.102. The number of aromatic nitrogens is 7. The number of amides is 1. The normalized spacial score (nSPS) is 15.2. The maximum absolute atomic E-state index is 12.7. The molecule has 10 nitrogen and oxygen atoms in total. The molecule has 0 spiro atoms. The zero-order chi connectivity index (χ0) is 23.9. The molecule has 1 atom stereocenters. The topological polar surface area (TPSA) is 140 Å². The number of nitrogen functional groups attached to an aromatic ring is 1. The number of carbonyl (C=O) groups is 1. The van der Waals surface area contributed by atoms with Crippen LogP contribution in [-0.2, 0) is 6.42 Å². The summed E-state index contributed by atoms with van der Waals surface area (Å²) in [6.45, 7) is 1.95. The van der Waals surface area contributed by atoms with Crippen LogP contribution in [-0.4, -0.2) is 40.8 Å². The molecule has 0 fully saturated rings. The van der Waals surface area contributed by atoms with Gasteiger partial charge in [-0.2, -0.15) is 10.2 Å². The van der Waals surface area contributed by atoms with Crippen LogP contribution in [0.2, 0.25) is 0 Å². The van der Waals surface area contributed by atoms with Crippen LogP contribution in [0.25, 0.3) is 22.3 Å². The van der Waals surface area contributed by atoms with E-state index in [4.69, 9.17) is 10.8 Å². The van der Waals surface area contributed by atoms with Gasteiger partial charge in [0.15, 0.2) is 5.65 Å². The number of H-pyrrole nitrogens is 1. The smallest absolute Gasteiger partial charge is 0.256 e. The number of carbonyl (C=O) groups excluding carboxylic acids is 1. The number of aryl methyl sites for hydroxylation is 2. The van der Waals surface area contributed by atoms with E-state index in [0.29, 0.717) is 33.9 Å². The summed E-state index contributed by atoms with van der Waals surface area (Å²) in [5.41, 5.74) is 12.3. The third-order valence-electron chi connectivity index (χ3n) is 6.41. The highest BCUT2D eigenvalue weighted by Crippen LogP contribution is 2.37. The number of nitrogens with zero attached hydrogens (tertiary/aromatic N) is 6. The van der Waals surface area contributed by atoms with Crippen LogP contribution >= 0.6 is 0 Å². The van der Waals surface area contributed by atoms with Gasteiger partial charge >= 0.3 is 0 Å². The lowest BCUT2D eigenvalue weighted by atomic mass is 9.93. The van der Waals surface area contributed by atoms with Crippen molar-refractivity contribution in [3.05, 3.63) is 77.5 Å². The molecule has 4 N–H and O–H groups in total. The molecular formula is C25H23N9O. The molecule has 0 aliphatic heterocycles. The van der Waals surface area contributed by atoms with Gasteiger partial charge in [-0.1, -0.05) is 12.1 Å². The summed E-state index contributed by atoms with van der Waals surface area (Å²) in [5.74, 6) is 0.647. The van der Waals surface area contributed by atoms with E-state index in [1.54, 1.807) is 18.3 Å². The number of aromatic amines is 1. The predicted molar refractivity (Wildman–Crippen MR) is 132 cm³/mol. The highest BCUT2D eigenvalue weighted by atomic mass is 16.1. The molecule has 174 valence electrons. The van der Waals surface area contributed by atoms with Gasteiger partial charge in [0.05, 0.1) is 17.6 Å². The van der Waals surface area contributed by atoms with Crippen LogP contribution in [0.15, 0.2) is 55.1 Å². The lowest BCUT2D eigenvalue weighted by Crippen LogP contribution is -2.18. The first-order valence-electron chi connectivity index (χ1n) is 11.4. The Labute approximate surface area is 200 Å². The van der Waals surface area contributed by atoms with Crippen LogP contribution in [0, 0.1) is 6.92 Å². The molecule has 1 aliphatic rings. The van der Waals surface area contributed by atoms with Gasteiger partial charge in [-0.25, -0.2) is 19.6 Å². The lowest BCUT2D eigenvalue weighted by Gasteiger charge is -2.22. The van der Waals surface area contributed by atoms with Crippen molar-refractivity contribution in [2.75, 3.05) is 11.1 Å². The number of nitrogens with one attached hydrogen (secondary N) is 2. The Kier molecular flexibility index (Phi) is 4.98. The minimum Gasteiger partial charge on any atom is -0.383 e. The van der Waals surface area contributed by atoms with Gasteiger partial charge in [-0.3, -0.25) is 9.89 Å². The molecule has 1 aliphatic carbocycles. The third-order valence-corrected chi connectivity index (χ3v) is 6.41. The summed E-state index contributed by atoms with van der Waals surface area (Å²) in [6.07, 6.45) is 7.92. The Morgan fingerprint density at radius 3 is 2.86 bits per heavy atom. The van der Waals surface area contributed by atoms with Gasteiger partial charge < -0.3 is 11.1 Å². The van der Waals surface area contributed by atoms with Crippen molar-refractivity contribution in [3.8, 4) is 11.3 Å². The number of benzene rings is 1. The fourth-order valence-electron chi connectivity index (χ4n) is 4.68. The number of hydrogen-bond donors (Lipinski definition) is 3. The second-order valence-corrected chi connectivity index (χ2v) is 8.71. The summed E-state index contributed by atoms with van der Waals surface area (Å²) in [5, 5.41) is 15.8. The SMILES string of the molecule is Cc1ccnc(NC(=O)c2ccc(-c3nn([C@@H]4CCCc5[nH]ncc54)c4ncnc(N)c34)cc2)c1. The van der Waals surface area contributed by atoms with Gasteiger partial charge in [-0.05, 0) is 56.0 Å². The third kappa shape index (κ3) is 3.68. The molecule has 1 aromatic carbocycles. The Hall–Kier alpha value is -4.60. The molecule has 10 heteroatoms. The maximum atomic E-state index is 12.7. The van der Waals surface area contributed by atoms with Crippen LogP contribution in [0.3, 0.4) is 0 Å². The number of hydrogen-bond acceptors (Lipinski definition) is 7. The highest BCUT2D eigenvalue weighted by molar-refractivity contribution is 6.04. The summed E-state index contributed by atoms with van der Waals surface area (Å²) in [4.78, 5) is 25.7. The van der Waals surface area contributed by atoms with Crippen molar-refractivity contribution in [1.82, 2.24) is 34.9 Å². The van der Waals surface area contributed by atoms with Gasteiger partial charge in [-0.15, -0.1) is 0 Å². The fraction of sp³-hybridized carbons (Fsp3) is 0.200. The second kappa shape index (κ2) is 8.32. The van der Waals surface area contributed by atoms with Crippen molar-refractivity contribution in [3.63, 3.8) is 0 Å². The second-order valence-electron chi connectivity index (χ2n) is 8.71. The Morgan fingerprint density at radius 1 is 1.17 bits per heavy atom. The standard InChI is InChI=1S/C25H23N9O/c1-14-9-10-27-20(11-14)31-25(35)16-7-5-15(6-8-16)22-21-23(26)28-13-29-24(21)34(33-22)19-4-2-3-18-17(19)12-30-32-18/h5-13,19H,2-4H2,1H3,(H,30,32)(H2,26,28,29)(H,27,31,35)/t19-/m1/s1. The molecular weight excluding hydrogens is 442 g/mol. The van der Waals surface area contributed by atoms with E-state index in [0.717, 1.165) is 41.6 Å². The van der Waals surface area contributed by atoms with Crippen molar-refractivity contribution >= 4 is 28.6 Å². The van der Waals surface area contributed by atoms with E-state index in [1.807, 2.05) is 42.1 Å². The Morgan fingerprint density at radius 2 is 2.03 bits per heavy atom. The average molecular weight is 466 g/mol. The van der Waals surface area contributed by atoms with E-state index in [9.17, 15) is 4.79 Å². The molecule has 1 amide bonds. The molecule has 0 saturated carbocycles. The van der Waals surface area contributed by atoms with Crippen LogP contribution in [0.4, 0.5) is 11.6 Å². The zero-order valence-corrected chi connectivity index (χ0v) is 19.1. The summed E-state index contributed by atoms with van der Waals surface area (Å²) < 4.78 is 1.93. The minimum atomic E-state index is -0.234. The monoisotopic (exact) mass is 465 g/mol. The molecule has 4 heterocycles. The summed E-state index contributed by atoms with van der Waals surface area (Å²) >= 11 is 0. The minimum absolute atomic E-state index is 0.00919. The van der Waals surface area contributed by atoms with Crippen LogP contribution < -0.4 is 11.1 Å². The number of pyridine rings is 1. The summed E-state index contributed by atoms with van der Waals surface area (Å²) in [7, 11) is 0. The average Bonchev–Trinajstić information content (AvgIpc) is 3.50. The van der Waals surface area contributed by atoms with E-state index < -0.39 is 0 Å². The van der Waals surface area contributed by atoms with E-state index in [-0.39, 0.29) is 11.9 Å². The predicted octanol–water partition coefficient (Wildman–Crippen LogP) is 3.68. The molecule has 0 saturated heterocycles. The Balaban J connectivity index is 1.37. The van der Waals surface area contributed by atoms with Crippen molar-refractivity contribution in [2.45, 2.75) is 32.2 Å². The zero-order valence-electron chi connectivity index (χ0n) is 19.1. The van der Waals surface area contributed by atoms with Gasteiger partial charge in [0.1, 0.15) is 23.7 Å². The molecule has 4 aromatic heterocycles. The molecule has 5 aromatic rings. The number of anilines is 2. The maximum Gasteiger partial charge on any atom is 0.256 e. The van der Waals surface area contributed by atoms with Crippen molar-refractivity contribution < 1.29 is 4.79 Å². The highest BCUT2D eigenvalue weighted by Gasteiger charge is 2.28. The number of nitrogens with two attached hydrogens (primary N) is 1. The van der Waals surface area contributed by atoms with Gasteiger partial charge in [0.2, 0.25) is 0 Å². The Bertz CT molecular complexity index is 1550. The van der Waals surface area contributed by atoms with Gasteiger partial charge in [0.25, 0.3) is 5.91 Å². The number of fused-ring (bicyclic) bond motifs is 2. The first-order valence-corrected chi connectivity index (χ1v) is 11.4. The summed E-state index contributed by atoms with van der Waals surface area (Å²) in [6, 6.07) is 11.0. The van der Waals surface area contributed by atoms with E-state index >= 15 is 0 Å².